The molecule has 0 saturated carbocycles. The van der Waals surface area contributed by atoms with Crippen molar-refractivity contribution in [3.05, 3.63) is 35.4 Å². The molecule has 1 saturated heterocycles. The molecular weight excluding hydrogens is 224 g/mol. The highest BCUT2D eigenvalue weighted by atomic mass is 16.5. The molecule has 2 heteroatoms. The highest BCUT2D eigenvalue weighted by molar-refractivity contribution is 5.25. The average Bonchev–Trinajstić information content (AvgIpc) is 2.40. The lowest BCUT2D eigenvalue weighted by Crippen LogP contribution is -2.33. The summed E-state index contributed by atoms with van der Waals surface area (Å²) in [5, 5.41) is 10.2. The summed E-state index contributed by atoms with van der Waals surface area (Å²) in [6.45, 7) is 5.19. The van der Waals surface area contributed by atoms with Crippen molar-refractivity contribution in [1.82, 2.24) is 0 Å². The van der Waals surface area contributed by atoms with Crippen molar-refractivity contribution in [3.8, 4) is 0 Å². The fourth-order valence-corrected chi connectivity index (χ4v) is 2.48. The van der Waals surface area contributed by atoms with Gasteiger partial charge in [-0.05, 0) is 36.3 Å². The van der Waals surface area contributed by atoms with Crippen molar-refractivity contribution in [1.29, 1.82) is 0 Å². The smallest absolute Gasteiger partial charge is 0.0842 e. The van der Waals surface area contributed by atoms with E-state index >= 15 is 0 Å². The van der Waals surface area contributed by atoms with Gasteiger partial charge in [-0.1, -0.05) is 38.1 Å². The summed E-state index contributed by atoms with van der Waals surface area (Å²) < 4.78 is 5.62. The van der Waals surface area contributed by atoms with Crippen LogP contribution in [0.2, 0.25) is 0 Å². The fourth-order valence-electron chi connectivity index (χ4n) is 2.48. The third kappa shape index (κ3) is 3.56. The maximum Gasteiger partial charge on any atom is 0.0842 e. The van der Waals surface area contributed by atoms with Gasteiger partial charge in [0.2, 0.25) is 0 Å². The van der Waals surface area contributed by atoms with Gasteiger partial charge in [-0.15, -0.1) is 0 Å². The molecule has 0 bridgehead atoms. The maximum absolute atomic E-state index is 10.2. The Balaban J connectivity index is 1.91. The Labute approximate surface area is 110 Å². The molecule has 2 rings (SSSR count). The molecule has 100 valence electrons. The molecular formula is C16H24O2. The van der Waals surface area contributed by atoms with Crippen LogP contribution in [-0.2, 0) is 11.2 Å². The van der Waals surface area contributed by atoms with E-state index in [1.807, 2.05) is 0 Å². The zero-order valence-corrected chi connectivity index (χ0v) is 11.4. The van der Waals surface area contributed by atoms with Gasteiger partial charge in [0, 0.05) is 13.0 Å². The summed E-state index contributed by atoms with van der Waals surface area (Å²) in [7, 11) is 0. The number of aliphatic hydroxyl groups excluding tert-OH is 1. The highest BCUT2D eigenvalue weighted by Gasteiger charge is 2.22. The lowest BCUT2D eigenvalue weighted by molar-refractivity contribution is -0.0611. The molecule has 2 unspecified atom stereocenters. The van der Waals surface area contributed by atoms with Gasteiger partial charge in [0.1, 0.15) is 0 Å². The normalized spacial score (nSPS) is 22.1. The average molecular weight is 248 g/mol. The van der Waals surface area contributed by atoms with E-state index in [-0.39, 0.29) is 12.2 Å². The number of benzene rings is 1. The fraction of sp³-hybridized carbons (Fsp3) is 0.625. The van der Waals surface area contributed by atoms with E-state index in [4.69, 9.17) is 4.74 Å². The Morgan fingerprint density at radius 3 is 2.50 bits per heavy atom. The van der Waals surface area contributed by atoms with Crippen LogP contribution in [0.25, 0.3) is 0 Å². The van der Waals surface area contributed by atoms with Crippen molar-refractivity contribution < 1.29 is 9.84 Å². The van der Waals surface area contributed by atoms with Gasteiger partial charge >= 0.3 is 0 Å². The number of rotatable bonds is 4. The minimum atomic E-state index is -0.366. The maximum atomic E-state index is 10.2. The molecule has 1 aromatic carbocycles. The molecule has 1 N–H and O–H groups in total. The first-order valence-corrected chi connectivity index (χ1v) is 7.05. The van der Waals surface area contributed by atoms with Gasteiger partial charge in [0.25, 0.3) is 0 Å². The predicted molar refractivity (Wildman–Crippen MR) is 73.8 cm³/mol. The quantitative estimate of drug-likeness (QED) is 0.886. The molecule has 0 aromatic heterocycles. The minimum Gasteiger partial charge on any atom is -0.390 e. The SMILES string of the molecule is CC(C)c1ccc(CC(O)C2CCCCO2)cc1. The molecule has 1 fully saturated rings. The van der Waals surface area contributed by atoms with Crippen LogP contribution in [0, 0.1) is 0 Å². The highest BCUT2D eigenvalue weighted by Crippen LogP contribution is 2.20. The predicted octanol–water partition coefficient (Wildman–Crippen LogP) is 3.28. The summed E-state index contributed by atoms with van der Waals surface area (Å²) in [4.78, 5) is 0. The Morgan fingerprint density at radius 2 is 1.94 bits per heavy atom. The molecule has 1 aliphatic heterocycles. The molecule has 0 spiro atoms. The first kappa shape index (κ1) is 13.6. The standard InChI is InChI=1S/C16H24O2/c1-12(2)14-8-6-13(7-9-14)11-15(17)16-5-3-4-10-18-16/h6-9,12,15-17H,3-5,10-11H2,1-2H3. The number of hydrogen-bond acceptors (Lipinski definition) is 2. The zero-order chi connectivity index (χ0) is 13.0. The largest absolute Gasteiger partial charge is 0.390 e. The van der Waals surface area contributed by atoms with Gasteiger partial charge in [-0.3, -0.25) is 0 Å². The second kappa shape index (κ2) is 6.35. The van der Waals surface area contributed by atoms with Gasteiger partial charge in [-0.2, -0.15) is 0 Å². The van der Waals surface area contributed by atoms with Crippen LogP contribution < -0.4 is 0 Å². The van der Waals surface area contributed by atoms with E-state index in [2.05, 4.69) is 38.1 Å². The van der Waals surface area contributed by atoms with E-state index in [1.54, 1.807) is 0 Å². The van der Waals surface area contributed by atoms with Gasteiger partial charge in [0.05, 0.1) is 12.2 Å². The van der Waals surface area contributed by atoms with Crippen LogP contribution in [0.1, 0.15) is 50.2 Å². The third-order valence-electron chi connectivity index (χ3n) is 3.74. The van der Waals surface area contributed by atoms with Crippen LogP contribution >= 0.6 is 0 Å². The lowest BCUT2D eigenvalue weighted by Gasteiger charge is -2.27. The Bertz CT molecular complexity index is 350. The number of aliphatic hydroxyl groups is 1. The molecule has 1 aromatic rings. The van der Waals surface area contributed by atoms with Crippen molar-refractivity contribution in [2.24, 2.45) is 0 Å². The van der Waals surface area contributed by atoms with E-state index < -0.39 is 0 Å². The zero-order valence-electron chi connectivity index (χ0n) is 11.4. The summed E-state index contributed by atoms with van der Waals surface area (Å²) in [6.07, 6.45) is 3.66. The molecule has 2 nitrogen and oxygen atoms in total. The first-order chi connectivity index (χ1) is 8.66. The van der Waals surface area contributed by atoms with Gasteiger partial charge < -0.3 is 9.84 Å². The van der Waals surface area contributed by atoms with Crippen molar-refractivity contribution in [2.75, 3.05) is 6.61 Å². The van der Waals surface area contributed by atoms with Crippen LogP contribution in [-0.4, -0.2) is 23.9 Å². The van der Waals surface area contributed by atoms with Gasteiger partial charge in [0.15, 0.2) is 0 Å². The van der Waals surface area contributed by atoms with E-state index in [0.717, 1.165) is 19.4 Å². The number of hydrogen-bond donors (Lipinski definition) is 1. The van der Waals surface area contributed by atoms with Crippen molar-refractivity contribution in [3.63, 3.8) is 0 Å². The van der Waals surface area contributed by atoms with Crippen LogP contribution in [0.5, 0.6) is 0 Å². The summed E-state index contributed by atoms with van der Waals surface area (Å²) in [5.74, 6) is 0.561. The van der Waals surface area contributed by atoms with Crippen molar-refractivity contribution in [2.45, 2.75) is 57.7 Å². The lowest BCUT2D eigenvalue weighted by atomic mass is 9.96. The molecule has 0 radical (unpaired) electrons. The van der Waals surface area contributed by atoms with Crippen molar-refractivity contribution >= 4 is 0 Å². The minimum absolute atomic E-state index is 0.0310. The summed E-state index contributed by atoms with van der Waals surface area (Å²) in [6, 6.07) is 8.58. The van der Waals surface area contributed by atoms with E-state index in [1.165, 1.54) is 17.5 Å². The van der Waals surface area contributed by atoms with E-state index in [9.17, 15) is 5.11 Å². The van der Waals surface area contributed by atoms with E-state index in [0.29, 0.717) is 12.3 Å². The summed E-state index contributed by atoms with van der Waals surface area (Å²) >= 11 is 0. The molecule has 1 aliphatic rings. The Hall–Kier alpha value is -0.860. The Morgan fingerprint density at radius 1 is 1.22 bits per heavy atom. The third-order valence-corrected chi connectivity index (χ3v) is 3.74. The van der Waals surface area contributed by atoms with Gasteiger partial charge in [-0.25, -0.2) is 0 Å². The molecule has 2 atom stereocenters. The Kier molecular flexibility index (Phi) is 4.79. The van der Waals surface area contributed by atoms with Crippen LogP contribution in [0.3, 0.4) is 0 Å². The molecule has 0 aliphatic carbocycles. The topological polar surface area (TPSA) is 29.5 Å². The molecule has 18 heavy (non-hydrogen) atoms. The second-order valence-corrected chi connectivity index (χ2v) is 5.57. The first-order valence-electron chi connectivity index (χ1n) is 7.05. The monoisotopic (exact) mass is 248 g/mol. The van der Waals surface area contributed by atoms with Crippen LogP contribution in [0.15, 0.2) is 24.3 Å². The summed E-state index contributed by atoms with van der Waals surface area (Å²) in [5.41, 5.74) is 2.54. The number of ether oxygens (including phenoxy) is 1. The molecule has 0 amide bonds. The van der Waals surface area contributed by atoms with Crippen LogP contribution in [0.4, 0.5) is 0 Å². The molecule has 1 heterocycles. The second-order valence-electron chi connectivity index (χ2n) is 5.57.